The molecule has 0 radical (unpaired) electrons. The molecule has 1 aromatic carbocycles. The van der Waals surface area contributed by atoms with Crippen LogP contribution in [0.15, 0.2) is 35.5 Å². The van der Waals surface area contributed by atoms with Gasteiger partial charge in [0.1, 0.15) is 5.69 Å². The van der Waals surface area contributed by atoms with Crippen LogP contribution in [-0.2, 0) is 12.6 Å². The van der Waals surface area contributed by atoms with Gasteiger partial charge in [0.05, 0.1) is 0 Å². The highest BCUT2D eigenvalue weighted by Crippen LogP contribution is 2.32. The summed E-state index contributed by atoms with van der Waals surface area (Å²) in [5.74, 6) is 1.99. The highest BCUT2D eigenvalue weighted by atomic mass is 19.4. The first-order chi connectivity index (χ1) is 14.0. The smallest absolute Gasteiger partial charge is 0.433 e. The lowest BCUT2D eigenvalue weighted by Crippen LogP contribution is -2.40. The molecule has 156 valence electrons. The summed E-state index contributed by atoms with van der Waals surface area (Å²) in [6, 6.07) is 6.63. The molecule has 1 aliphatic heterocycles. The summed E-state index contributed by atoms with van der Waals surface area (Å²) >= 11 is 0. The zero-order valence-electron chi connectivity index (χ0n) is 15.7. The second-order valence-electron chi connectivity index (χ2n) is 6.05. The molecule has 29 heavy (non-hydrogen) atoms. The number of ether oxygens (including phenoxy) is 2. The minimum atomic E-state index is -4.50. The molecule has 0 unspecified atom stereocenters. The Morgan fingerprint density at radius 3 is 2.69 bits per heavy atom. The van der Waals surface area contributed by atoms with Crippen molar-refractivity contribution in [2.75, 3.05) is 38.8 Å². The van der Waals surface area contributed by atoms with Gasteiger partial charge in [-0.1, -0.05) is 6.07 Å². The number of halogens is 3. The van der Waals surface area contributed by atoms with Crippen LogP contribution in [0.5, 0.6) is 11.5 Å². The van der Waals surface area contributed by atoms with Gasteiger partial charge in [0.15, 0.2) is 17.5 Å². The molecule has 0 bridgehead atoms. The molecule has 3 rings (SSSR count). The highest BCUT2D eigenvalue weighted by molar-refractivity contribution is 5.79. The summed E-state index contributed by atoms with van der Waals surface area (Å²) in [4.78, 5) is 11.3. The number of nitrogens with zero attached hydrogens (tertiary/aromatic N) is 3. The van der Waals surface area contributed by atoms with Crippen LogP contribution in [0.1, 0.15) is 11.3 Å². The average Bonchev–Trinajstić information content (AvgIpc) is 3.17. The summed E-state index contributed by atoms with van der Waals surface area (Å²) in [6.45, 7) is 1.63. The summed E-state index contributed by atoms with van der Waals surface area (Å²) in [5, 5.41) is 8.99. The number of benzene rings is 1. The number of aromatic nitrogens is 2. The Balaban J connectivity index is 1.37. The number of guanidine groups is 1. The van der Waals surface area contributed by atoms with Crippen LogP contribution in [0.2, 0.25) is 0 Å². The molecule has 11 heteroatoms. The van der Waals surface area contributed by atoms with E-state index in [2.05, 4.69) is 30.9 Å². The van der Waals surface area contributed by atoms with Crippen LogP contribution in [0.4, 0.5) is 19.1 Å². The Morgan fingerprint density at radius 1 is 1.10 bits per heavy atom. The van der Waals surface area contributed by atoms with Gasteiger partial charge >= 0.3 is 6.18 Å². The van der Waals surface area contributed by atoms with Crippen molar-refractivity contribution in [3.8, 4) is 11.5 Å². The van der Waals surface area contributed by atoms with E-state index in [-0.39, 0.29) is 12.7 Å². The van der Waals surface area contributed by atoms with Gasteiger partial charge in [0, 0.05) is 32.9 Å². The van der Waals surface area contributed by atoms with Crippen molar-refractivity contribution in [3.63, 3.8) is 0 Å². The van der Waals surface area contributed by atoms with E-state index in [1.807, 2.05) is 18.2 Å². The Morgan fingerprint density at radius 2 is 1.90 bits per heavy atom. The van der Waals surface area contributed by atoms with Gasteiger partial charge in [0.25, 0.3) is 0 Å². The number of nitrogens with one attached hydrogen (secondary N) is 3. The van der Waals surface area contributed by atoms with E-state index >= 15 is 0 Å². The SMILES string of the molecule is CN=C(NCCNc1nccc(C(F)(F)F)n1)NCCc1ccc2c(c1)OCO2. The van der Waals surface area contributed by atoms with Crippen LogP contribution in [0.3, 0.4) is 0 Å². The van der Waals surface area contributed by atoms with E-state index < -0.39 is 11.9 Å². The van der Waals surface area contributed by atoms with E-state index in [1.54, 1.807) is 7.05 Å². The Labute approximate surface area is 165 Å². The third-order valence-electron chi connectivity index (χ3n) is 4.01. The summed E-state index contributed by atoms with van der Waals surface area (Å²) in [6.07, 6.45) is -2.67. The summed E-state index contributed by atoms with van der Waals surface area (Å²) in [7, 11) is 1.64. The summed E-state index contributed by atoms with van der Waals surface area (Å²) < 4.78 is 48.6. The number of hydrogen-bond donors (Lipinski definition) is 3. The molecule has 0 aliphatic carbocycles. The molecule has 0 spiro atoms. The van der Waals surface area contributed by atoms with Gasteiger partial charge in [-0.3, -0.25) is 4.99 Å². The van der Waals surface area contributed by atoms with E-state index in [1.165, 1.54) is 0 Å². The lowest BCUT2D eigenvalue weighted by molar-refractivity contribution is -0.141. The van der Waals surface area contributed by atoms with Crippen LogP contribution < -0.4 is 25.4 Å². The van der Waals surface area contributed by atoms with Gasteiger partial charge in [-0.2, -0.15) is 13.2 Å². The van der Waals surface area contributed by atoms with Crippen LogP contribution in [-0.4, -0.2) is 49.4 Å². The lowest BCUT2D eigenvalue weighted by atomic mass is 10.1. The van der Waals surface area contributed by atoms with Crippen LogP contribution >= 0.6 is 0 Å². The Hall–Kier alpha value is -3.24. The molecule has 0 saturated heterocycles. The third kappa shape index (κ3) is 5.87. The maximum Gasteiger partial charge on any atom is 0.433 e. The largest absolute Gasteiger partial charge is 0.454 e. The number of fused-ring (bicyclic) bond motifs is 1. The fraction of sp³-hybridized carbons (Fsp3) is 0.389. The quantitative estimate of drug-likeness (QED) is 0.365. The molecular formula is C18H21F3N6O2. The molecule has 1 aliphatic rings. The number of alkyl halides is 3. The first-order valence-corrected chi connectivity index (χ1v) is 8.93. The number of anilines is 1. The number of rotatable bonds is 7. The minimum Gasteiger partial charge on any atom is -0.454 e. The standard InChI is InChI=1S/C18H21F3N6O2/c1-22-16(23-6-4-12-2-3-13-14(10-12)29-11-28-13)25-8-9-26-17-24-7-5-15(27-17)18(19,20)21/h2-3,5,7,10H,4,6,8-9,11H2,1H3,(H2,22,23,25)(H,24,26,27). The van der Waals surface area contributed by atoms with Crippen molar-refractivity contribution in [1.82, 2.24) is 20.6 Å². The van der Waals surface area contributed by atoms with Crippen molar-refractivity contribution in [2.24, 2.45) is 4.99 Å². The summed E-state index contributed by atoms with van der Waals surface area (Å²) in [5.41, 5.74) is 0.115. The minimum absolute atomic E-state index is 0.0765. The van der Waals surface area contributed by atoms with Crippen LogP contribution in [0.25, 0.3) is 0 Å². The monoisotopic (exact) mass is 410 g/mol. The van der Waals surface area contributed by atoms with E-state index in [4.69, 9.17) is 9.47 Å². The molecule has 0 fully saturated rings. The average molecular weight is 410 g/mol. The molecule has 2 aromatic rings. The molecule has 3 N–H and O–H groups in total. The van der Waals surface area contributed by atoms with Gasteiger partial charge < -0.3 is 25.4 Å². The van der Waals surface area contributed by atoms with E-state index in [9.17, 15) is 13.2 Å². The lowest BCUT2D eigenvalue weighted by Gasteiger charge is -2.13. The van der Waals surface area contributed by atoms with Crippen LogP contribution in [0, 0.1) is 0 Å². The van der Waals surface area contributed by atoms with Gasteiger partial charge in [0.2, 0.25) is 12.7 Å². The first-order valence-electron chi connectivity index (χ1n) is 8.93. The van der Waals surface area contributed by atoms with Crippen molar-refractivity contribution in [3.05, 3.63) is 41.7 Å². The van der Waals surface area contributed by atoms with Crippen molar-refractivity contribution < 1.29 is 22.6 Å². The fourth-order valence-electron chi connectivity index (χ4n) is 2.60. The Kier molecular flexibility index (Phi) is 6.57. The molecule has 0 saturated carbocycles. The number of aliphatic imine (C=N–C) groups is 1. The zero-order valence-corrected chi connectivity index (χ0v) is 15.7. The van der Waals surface area contributed by atoms with Crippen molar-refractivity contribution >= 4 is 11.9 Å². The molecule has 8 nitrogen and oxygen atoms in total. The highest BCUT2D eigenvalue weighted by Gasteiger charge is 2.32. The predicted octanol–water partition coefficient (Wildman–Crippen LogP) is 2.04. The van der Waals surface area contributed by atoms with Gasteiger partial charge in [-0.25, -0.2) is 9.97 Å². The zero-order chi connectivity index (χ0) is 20.7. The van der Waals surface area contributed by atoms with Gasteiger partial charge in [-0.15, -0.1) is 0 Å². The molecule has 0 amide bonds. The maximum atomic E-state index is 12.6. The second kappa shape index (κ2) is 9.30. The van der Waals surface area contributed by atoms with E-state index in [0.717, 1.165) is 35.7 Å². The van der Waals surface area contributed by atoms with Crippen molar-refractivity contribution in [1.29, 1.82) is 0 Å². The second-order valence-corrected chi connectivity index (χ2v) is 6.05. The molecule has 2 heterocycles. The topological polar surface area (TPSA) is 92.7 Å². The molecule has 0 atom stereocenters. The fourth-order valence-corrected chi connectivity index (χ4v) is 2.60. The maximum absolute atomic E-state index is 12.6. The van der Waals surface area contributed by atoms with Crippen molar-refractivity contribution in [2.45, 2.75) is 12.6 Å². The number of hydrogen-bond acceptors (Lipinski definition) is 6. The molecular weight excluding hydrogens is 389 g/mol. The third-order valence-corrected chi connectivity index (χ3v) is 4.01. The Bertz CT molecular complexity index is 860. The predicted molar refractivity (Wildman–Crippen MR) is 101 cm³/mol. The normalized spacial score (nSPS) is 13.3. The molecule has 1 aromatic heterocycles. The first kappa shape index (κ1) is 20.5. The van der Waals surface area contributed by atoms with Gasteiger partial charge in [-0.05, 0) is 30.2 Å². The van der Waals surface area contributed by atoms with E-state index in [0.29, 0.717) is 25.6 Å².